The smallest absolute Gasteiger partial charge is 0.160 e. The quantitative estimate of drug-likeness (QED) is 0.301. The van der Waals surface area contributed by atoms with E-state index in [9.17, 15) is 0 Å². The lowest BCUT2D eigenvalue weighted by Gasteiger charge is -2.15. The summed E-state index contributed by atoms with van der Waals surface area (Å²) in [5, 5.41) is 0. The Morgan fingerprint density at radius 3 is 1.75 bits per heavy atom. The molecule has 1 heterocycles. The van der Waals surface area contributed by atoms with Crippen LogP contribution >= 0.6 is 0 Å². The van der Waals surface area contributed by atoms with Crippen molar-refractivity contribution in [2.24, 2.45) is 0 Å². The second-order valence-electron chi connectivity index (χ2n) is 8.00. The van der Waals surface area contributed by atoms with Crippen LogP contribution in [0.5, 0.6) is 0 Å². The van der Waals surface area contributed by atoms with E-state index in [1.807, 2.05) is 12.1 Å². The highest BCUT2D eigenvalue weighted by molar-refractivity contribution is 5.78. The molecule has 0 spiro atoms. The number of hydrogen-bond donors (Lipinski definition) is 0. The minimum atomic E-state index is 0.741. The molecule has 0 N–H and O–H groups in total. The van der Waals surface area contributed by atoms with E-state index in [-0.39, 0.29) is 0 Å². The van der Waals surface area contributed by atoms with Gasteiger partial charge < -0.3 is 0 Å². The van der Waals surface area contributed by atoms with E-state index >= 15 is 0 Å². The molecular weight excluding hydrogens is 388 g/mol. The fourth-order valence-electron chi connectivity index (χ4n) is 4.09. The molecule has 0 aliphatic heterocycles. The maximum atomic E-state index is 5.08. The predicted octanol–water partition coefficient (Wildman–Crippen LogP) is 7.76. The number of nitrogens with zero attached hydrogens (tertiary/aromatic N) is 2. The number of benzene rings is 4. The molecule has 0 saturated carbocycles. The molecule has 0 saturated heterocycles. The van der Waals surface area contributed by atoms with Crippen LogP contribution in [0.2, 0.25) is 0 Å². The summed E-state index contributed by atoms with van der Waals surface area (Å²) >= 11 is 0. The third kappa shape index (κ3) is 3.83. The minimum Gasteiger partial charge on any atom is -0.228 e. The number of hydrogen-bond acceptors (Lipinski definition) is 2. The first-order chi connectivity index (χ1) is 15.7. The van der Waals surface area contributed by atoms with Gasteiger partial charge in [0.1, 0.15) is 0 Å². The molecule has 0 amide bonds. The van der Waals surface area contributed by atoms with Crippen molar-refractivity contribution in [3.05, 3.63) is 120 Å². The van der Waals surface area contributed by atoms with Gasteiger partial charge in [0, 0.05) is 22.3 Å². The van der Waals surface area contributed by atoms with Gasteiger partial charge in [-0.2, -0.15) is 0 Å². The Morgan fingerprint density at radius 1 is 0.469 bits per heavy atom. The van der Waals surface area contributed by atoms with Crippen molar-refractivity contribution in [2.45, 2.75) is 13.8 Å². The summed E-state index contributed by atoms with van der Waals surface area (Å²) in [5.74, 6) is 0.741. The topological polar surface area (TPSA) is 25.8 Å². The Balaban J connectivity index is 1.73. The van der Waals surface area contributed by atoms with Crippen molar-refractivity contribution in [3.8, 4) is 45.0 Å². The van der Waals surface area contributed by atoms with E-state index in [1.54, 1.807) is 0 Å². The minimum absolute atomic E-state index is 0.741. The van der Waals surface area contributed by atoms with Gasteiger partial charge >= 0.3 is 0 Å². The highest BCUT2D eigenvalue weighted by Crippen LogP contribution is 2.34. The first-order valence-corrected chi connectivity index (χ1v) is 10.9. The third-order valence-electron chi connectivity index (χ3n) is 5.82. The van der Waals surface area contributed by atoms with Gasteiger partial charge in [0.2, 0.25) is 0 Å². The molecule has 0 radical (unpaired) electrons. The van der Waals surface area contributed by atoms with Crippen LogP contribution in [0.15, 0.2) is 109 Å². The highest BCUT2D eigenvalue weighted by atomic mass is 14.9. The van der Waals surface area contributed by atoms with Gasteiger partial charge in [0.25, 0.3) is 0 Å². The van der Waals surface area contributed by atoms with Crippen molar-refractivity contribution in [2.75, 3.05) is 0 Å². The lowest BCUT2D eigenvalue weighted by atomic mass is 9.97. The molecule has 0 atom stereocenters. The van der Waals surface area contributed by atoms with Crippen molar-refractivity contribution in [1.29, 1.82) is 0 Å². The highest BCUT2D eigenvalue weighted by Gasteiger charge is 2.16. The molecule has 0 aliphatic rings. The van der Waals surface area contributed by atoms with E-state index in [1.165, 1.54) is 11.1 Å². The standard InChI is InChI=1S/C30H24N2/c1-21-12-9-10-19-27(21)29-22(2)28(24-15-7-4-8-16-24)31-30(32-29)26-18-11-17-25(20-26)23-13-5-3-6-14-23/h3-20H,1-2H3. The molecular formula is C30H24N2. The van der Waals surface area contributed by atoms with E-state index in [4.69, 9.17) is 9.97 Å². The van der Waals surface area contributed by atoms with E-state index < -0.39 is 0 Å². The average Bonchev–Trinajstić information content (AvgIpc) is 2.86. The maximum Gasteiger partial charge on any atom is 0.160 e. The van der Waals surface area contributed by atoms with Crippen LogP contribution in [0.1, 0.15) is 11.1 Å². The van der Waals surface area contributed by atoms with Crippen LogP contribution in [0.25, 0.3) is 45.0 Å². The third-order valence-corrected chi connectivity index (χ3v) is 5.82. The molecule has 0 aliphatic carbocycles. The zero-order valence-electron chi connectivity index (χ0n) is 18.3. The molecule has 5 aromatic rings. The molecule has 32 heavy (non-hydrogen) atoms. The van der Waals surface area contributed by atoms with Gasteiger partial charge in [0.05, 0.1) is 11.4 Å². The molecule has 2 nitrogen and oxygen atoms in total. The summed E-state index contributed by atoms with van der Waals surface area (Å²) < 4.78 is 0. The summed E-state index contributed by atoms with van der Waals surface area (Å²) in [4.78, 5) is 10.1. The molecule has 1 aromatic heterocycles. The molecule has 0 fully saturated rings. The van der Waals surface area contributed by atoms with Crippen LogP contribution in [0.4, 0.5) is 0 Å². The Bertz CT molecular complexity index is 1370. The number of rotatable bonds is 4. The molecule has 0 unspecified atom stereocenters. The number of aryl methyl sites for hydroxylation is 1. The lowest BCUT2D eigenvalue weighted by Crippen LogP contribution is -2.01. The molecule has 0 bridgehead atoms. The molecule has 5 rings (SSSR count). The zero-order valence-corrected chi connectivity index (χ0v) is 18.3. The Hall–Kier alpha value is -4.04. The molecule has 2 heteroatoms. The van der Waals surface area contributed by atoms with Crippen LogP contribution in [-0.2, 0) is 0 Å². The monoisotopic (exact) mass is 412 g/mol. The van der Waals surface area contributed by atoms with Crippen LogP contribution < -0.4 is 0 Å². The zero-order chi connectivity index (χ0) is 21.9. The fourth-order valence-corrected chi connectivity index (χ4v) is 4.09. The van der Waals surface area contributed by atoms with Crippen LogP contribution in [0.3, 0.4) is 0 Å². The Labute approximate surface area is 189 Å². The molecule has 4 aromatic carbocycles. The normalized spacial score (nSPS) is 10.8. The van der Waals surface area contributed by atoms with Gasteiger partial charge in [0.15, 0.2) is 5.82 Å². The van der Waals surface area contributed by atoms with Gasteiger partial charge in [-0.1, -0.05) is 103 Å². The second kappa shape index (κ2) is 8.60. The Kier molecular flexibility index (Phi) is 5.35. The van der Waals surface area contributed by atoms with Crippen molar-refractivity contribution in [3.63, 3.8) is 0 Å². The summed E-state index contributed by atoms with van der Waals surface area (Å²) in [6.07, 6.45) is 0. The van der Waals surface area contributed by atoms with Crippen LogP contribution in [-0.4, -0.2) is 9.97 Å². The summed E-state index contributed by atoms with van der Waals surface area (Å²) in [6, 6.07) is 37.7. The average molecular weight is 413 g/mol. The summed E-state index contributed by atoms with van der Waals surface area (Å²) in [7, 11) is 0. The van der Waals surface area contributed by atoms with Gasteiger partial charge in [-0.05, 0) is 36.6 Å². The van der Waals surface area contributed by atoms with Crippen LogP contribution in [0, 0.1) is 13.8 Å². The SMILES string of the molecule is Cc1ccccc1-c1nc(-c2cccc(-c3ccccc3)c2)nc(-c2ccccc2)c1C. The van der Waals surface area contributed by atoms with Gasteiger partial charge in [-0.3, -0.25) is 0 Å². The van der Waals surface area contributed by atoms with E-state index in [0.717, 1.165) is 45.0 Å². The first kappa shape index (κ1) is 19.9. The van der Waals surface area contributed by atoms with E-state index in [0.29, 0.717) is 0 Å². The maximum absolute atomic E-state index is 5.08. The van der Waals surface area contributed by atoms with E-state index in [2.05, 4.69) is 111 Å². The molecule has 154 valence electrons. The first-order valence-electron chi connectivity index (χ1n) is 10.9. The van der Waals surface area contributed by atoms with Gasteiger partial charge in [-0.25, -0.2) is 9.97 Å². The Morgan fingerprint density at radius 2 is 1.03 bits per heavy atom. The fraction of sp³-hybridized carbons (Fsp3) is 0.0667. The largest absolute Gasteiger partial charge is 0.228 e. The number of aromatic nitrogens is 2. The summed E-state index contributed by atoms with van der Waals surface area (Å²) in [5.41, 5.74) is 9.85. The second-order valence-corrected chi connectivity index (χ2v) is 8.00. The van der Waals surface area contributed by atoms with Crippen molar-refractivity contribution < 1.29 is 0 Å². The van der Waals surface area contributed by atoms with Crippen molar-refractivity contribution in [1.82, 2.24) is 9.97 Å². The predicted molar refractivity (Wildman–Crippen MR) is 133 cm³/mol. The van der Waals surface area contributed by atoms with Gasteiger partial charge in [-0.15, -0.1) is 0 Å². The van der Waals surface area contributed by atoms with Crippen molar-refractivity contribution >= 4 is 0 Å². The summed E-state index contributed by atoms with van der Waals surface area (Å²) in [6.45, 7) is 4.25. The lowest BCUT2D eigenvalue weighted by molar-refractivity contribution is 1.14.